The van der Waals surface area contributed by atoms with Crippen molar-refractivity contribution in [1.82, 2.24) is 10.3 Å². The summed E-state index contributed by atoms with van der Waals surface area (Å²) in [7, 11) is 0. The molecule has 0 aliphatic carbocycles. The second-order valence-corrected chi connectivity index (χ2v) is 5.99. The molecule has 5 heteroatoms. The van der Waals surface area contributed by atoms with Crippen molar-refractivity contribution in [2.75, 3.05) is 26.3 Å². The zero-order valence-electron chi connectivity index (χ0n) is 14.4. The van der Waals surface area contributed by atoms with Crippen LogP contribution in [-0.2, 0) is 9.53 Å². The second-order valence-electron chi connectivity index (χ2n) is 5.99. The van der Waals surface area contributed by atoms with Crippen LogP contribution in [0, 0.1) is 0 Å². The number of hydrazone groups is 1. The molecule has 25 heavy (non-hydrogen) atoms. The van der Waals surface area contributed by atoms with E-state index in [0.717, 1.165) is 29.9 Å². The number of ether oxygens (including phenoxy) is 1. The van der Waals surface area contributed by atoms with Gasteiger partial charge in [-0.15, -0.1) is 0 Å². The zero-order chi connectivity index (χ0) is 17.5. The average Bonchev–Trinajstić information content (AvgIpc) is 2.70. The summed E-state index contributed by atoms with van der Waals surface area (Å²) < 4.78 is 5.34. The van der Waals surface area contributed by atoms with Gasteiger partial charge in [-0.25, -0.2) is 5.43 Å². The van der Waals surface area contributed by atoms with Crippen molar-refractivity contribution in [3.8, 4) is 0 Å². The summed E-state index contributed by atoms with van der Waals surface area (Å²) in [6.45, 7) is 4.77. The minimum Gasteiger partial charge on any atom is -0.379 e. The van der Waals surface area contributed by atoms with Crippen molar-refractivity contribution in [3.05, 3.63) is 71.8 Å². The molecule has 0 radical (unpaired) electrons. The summed E-state index contributed by atoms with van der Waals surface area (Å²) in [5, 5.41) is 4.44. The van der Waals surface area contributed by atoms with Gasteiger partial charge in [0.25, 0.3) is 5.91 Å². The summed E-state index contributed by atoms with van der Waals surface area (Å²) >= 11 is 0. The van der Waals surface area contributed by atoms with Crippen LogP contribution in [-0.4, -0.2) is 48.9 Å². The normalized spacial score (nSPS) is 16.0. The molecule has 1 saturated heterocycles. The SMILES string of the molecule is C[C@H](C(=O)NN=C(c1ccccc1)c1ccccc1)N1CCOCC1. The van der Waals surface area contributed by atoms with E-state index in [1.807, 2.05) is 67.6 Å². The van der Waals surface area contributed by atoms with Crippen LogP contribution in [0.3, 0.4) is 0 Å². The van der Waals surface area contributed by atoms with Crippen LogP contribution >= 0.6 is 0 Å². The first-order valence-electron chi connectivity index (χ1n) is 8.56. The Morgan fingerprint density at radius 2 is 1.52 bits per heavy atom. The molecule has 0 unspecified atom stereocenters. The number of nitrogens with one attached hydrogen (secondary N) is 1. The standard InChI is InChI=1S/C20H23N3O2/c1-16(23-12-14-25-15-13-23)20(24)22-21-19(17-8-4-2-5-9-17)18-10-6-3-7-11-18/h2-11,16H,12-15H2,1H3,(H,22,24)/t16-/m1/s1. The van der Waals surface area contributed by atoms with E-state index in [4.69, 9.17) is 4.74 Å². The van der Waals surface area contributed by atoms with E-state index in [9.17, 15) is 4.79 Å². The zero-order valence-corrected chi connectivity index (χ0v) is 14.4. The lowest BCUT2D eigenvalue weighted by atomic mass is 10.0. The molecule has 0 saturated carbocycles. The van der Waals surface area contributed by atoms with Crippen molar-refractivity contribution in [2.45, 2.75) is 13.0 Å². The summed E-state index contributed by atoms with van der Waals surface area (Å²) in [6, 6.07) is 19.5. The molecule has 0 spiro atoms. The first-order chi connectivity index (χ1) is 12.3. The highest BCUT2D eigenvalue weighted by atomic mass is 16.5. The number of rotatable bonds is 5. The van der Waals surface area contributed by atoms with Gasteiger partial charge in [0, 0.05) is 24.2 Å². The Labute approximate surface area is 148 Å². The fourth-order valence-electron chi connectivity index (χ4n) is 2.82. The first-order valence-corrected chi connectivity index (χ1v) is 8.56. The van der Waals surface area contributed by atoms with E-state index in [0.29, 0.717) is 13.2 Å². The maximum Gasteiger partial charge on any atom is 0.257 e. The van der Waals surface area contributed by atoms with Gasteiger partial charge in [-0.3, -0.25) is 9.69 Å². The highest BCUT2D eigenvalue weighted by Crippen LogP contribution is 2.11. The topological polar surface area (TPSA) is 53.9 Å². The van der Waals surface area contributed by atoms with Crippen molar-refractivity contribution in [1.29, 1.82) is 0 Å². The van der Waals surface area contributed by atoms with Gasteiger partial charge in [-0.1, -0.05) is 60.7 Å². The predicted molar refractivity (Wildman–Crippen MR) is 98.5 cm³/mol. The highest BCUT2D eigenvalue weighted by Gasteiger charge is 2.23. The average molecular weight is 337 g/mol. The molecular weight excluding hydrogens is 314 g/mol. The van der Waals surface area contributed by atoms with Crippen LogP contribution in [0.2, 0.25) is 0 Å². The molecule has 1 aliphatic heterocycles. The number of morpholine rings is 1. The summed E-state index contributed by atoms with van der Waals surface area (Å²) in [5.74, 6) is -0.105. The van der Waals surface area contributed by atoms with Crippen molar-refractivity contribution >= 4 is 11.6 Å². The van der Waals surface area contributed by atoms with Crippen molar-refractivity contribution in [2.24, 2.45) is 5.10 Å². The second kappa shape index (κ2) is 8.55. The Kier molecular flexibility index (Phi) is 5.93. The van der Waals surface area contributed by atoms with E-state index in [1.54, 1.807) is 0 Å². The van der Waals surface area contributed by atoms with Gasteiger partial charge in [-0.2, -0.15) is 5.10 Å². The molecule has 2 aromatic rings. The number of carbonyl (C=O) groups excluding carboxylic acids is 1. The van der Waals surface area contributed by atoms with Gasteiger partial charge < -0.3 is 4.74 Å². The molecule has 130 valence electrons. The maximum absolute atomic E-state index is 12.5. The van der Waals surface area contributed by atoms with Gasteiger partial charge in [0.05, 0.1) is 25.0 Å². The summed E-state index contributed by atoms with van der Waals surface area (Å²) in [6.07, 6.45) is 0. The van der Waals surface area contributed by atoms with Crippen LogP contribution < -0.4 is 5.43 Å². The number of nitrogens with zero attached hydrogens (tertiary/aromatic N) is 2. The van der Waals surface area contributed by atoms with Crippen molar-refractivity contribution < 1.29 is 9.53 Å². The Hall–Kier alpha value is -2.50. The molecule has 1 aliphatic rings. The largest absolute Gasteiger partial charge is 0.379 e. The van der Waals surface area contributed by atoms with Crippen LogP contribution in [0.4, 0.5) is 0 Å². The molecule has 1 heterocycles. The lowest BCUT2D eigenvalue weighted by molar-refractivity contribution is -0.127. The number of amides is 1. The van der Waals surface area contributed by atoms with Crippen LogP contribution in [0.25, 0.3) is 0 Å². The predicted octanol–water partition coefficient (Wildman–Crippen LogP) is 2.28. The lowest BCUT2D eigenvalue weighted by Crippen LogP contribution is -2.48. The summed E-state index contributed by atoms with van der Waals surface area (Å²) in [4.78, 5) is 14.6. The molecule has 1 N–H and O–H groups in total. The number of hydrogen-bond acceptors (Lipinski definition) is 4. The Morgan fingerprint density at radius 3 is 2.04 bits per heavy atom. The Balaban J connectivity index is 1.78. The molecule has 0 aromatic heterocycles. The number of carbonyl (C=O) groups is 1. The van der Waals surface area contributed by atoms with Crippen molar-refractivity contribution in [3.63, 3.8) is 0 Å². The third kappa shape index (κ3) is 4.53. The van der Waals surface area contributed by atoms with Gasteiger partial charge in [-0.05, 0) is 6.92 Å². The number of benzene rings is 2. The third-order valence-electron chi connectivity index (χ3n) is 4.35. The Bertz CT molecular complexity index is 669. The van der Waals surface area contributed by atoms with Gasteiger partial charge in [0.1, 0.15) is 0 Å². The van der Waals surface area contributed by atoms with Crippen LogP contribution in [0.5, 0.6) is 0 Å². The lowest BCUT2D eigenvalue weighted by Gasteiger charge is -2.30. The molecule has 3 rings (SSSR count). The van der Waals surface area contributed by atoms with Gasteiger partial charge >= 0.3 is 0 Å². The number of hydrogen-bond donors (Lipinski definition) is 1. The van der Waals surface area contributed by atoms with Gasteiger partial charge in [0.15, 0.2) is 0 Å². The van der Waals surface area contributed by atoms with Gasteiger partial charge in [0.2, 0.25) is 0 Å². The molecule has 0 bridgehead atoms. The minimum atomic E-state index is -0.236. The van der Waals surface area contributed by atoms with E-state index in [-0.39, 0.29) is 11.9 Å². The monoisotopic (exact) mass is 337 g/mol. The highest BCUT2D eigenvalue weighted by molar-refractivity contribution is 6.13. The molecule has 1 atom stereocenters. The third-order valence-corrected chi connectivity index (χ3v) is 4.35. The van der Waals surface area contributed by atoms with E-state index < -0.39 is 0 Å². The molecule has 1 fully saturated rings. The Morgan fingerprint density at radius 1 is 1.00 bits per heavy atom. The van der Waals surface area contributed by atoms with Crippen LogP contribution in [0.15, 0.2) is 65.8 Å². The van der Waals surface area contributed by atoms with E-state index in [2.05, 4.69) is 15.4 Å². The molecule has 2 aromatic carbocycles. The molecule has 1 amide bonds. The quantitative estimate of drug-likeness (QED) is 0.673. The first kappa shape index (κ1) is 17.3. The fraction of sp³-hybridized carbons (Fsp3) is 0.300. The minimum absolute atomic E-state index is 0.105. The molecular formula is C20H23N3O2. The molecule has 5 nitrogen and oxygen atoms in total. The summed E-state index contributed by atoms with van der Waals surface area (Å²) in [5.41, 5.74) is 5.43. The van der Waals surface area contributed by atoms with E-state index in [1.165, 1.54) is 0 Å². The maximum atomic E-state index is 12.5. The smallest absolute Gasteiger partial charge is 0.257 e. The van der Waals surface area contributed by atoms with E-state index >= 15 is 0 Å². The fourth-order valence-corrected chi connectivity index (χ4v) is 2.82. The van der Waals surface area contributed by atoms with Crippen LogP contribution in [0.1, 0.15) is 18.1 Å².